The van der Waals surface area contributed by atoms with Crippen molar-refractivity contribution in [1.82, 2.24) is 25.5 Å². The van der Waals surface area contributed by atoms with Crippen LogP contribution in [0.4, 0.5) is 11.4 Å². The topological polar surface area (TPSA) is 167 Å². The molecule has 270 valence electrons. The predicted octanol–water partition coefficient (Wildman–Crippen LogP) is 6.10. The molecule has 2 amide bonds. The van der Waals surface area contributed by atoms with Crippen molar-refractivity contribution in [3.8, 4) is 11.1 Å². The molecule has 5 N–H and O–H groups in total. The van der Waals surface area contributed by atoms with E-state index in [-0.39, 0.29) is 30.6 Å². The van der Waals surface area contributed by atoms with Gasteiger partial charge in [0.2, 0.25) is 17.0 Å². The molecular formula is C39H43N7O5S. The van der Waals surface area contributed by atoms with Crippen molar-refractivity contribution in [2.24, 2.45) is 7.05 Å². The minimum atomic E-state index is -0.607. The number of nitrogens with two attached hydrogens (primary N) is 1. The number of rotatable bonds is 15. The summed E-state index contributed by atoms with van der Waals surface area (Å²) >= 11 is 1.54. The van der Waals surface area contributed by atoms with Crippen LogP contribution < -0.4 is 16.4 Å². The fourth-order valence-electron chi connectivity index (χ4n) is 5.94. The van der Waals surface area contributed by atoms with E-state index >= 15 is 0 Å². The molecule has 1 aliphatic heterocycles. The summed E-state index contributed by atoms with van der Waals surface area (Å²) in [5.74, 6) is 0.464. The van der Waals surface area contributed by atoms with Gasteiger partial charge < -0.3 is 30.9 Å². The Morgan fingerprint density at radius 1 is 0.885 bits per heavy atom. The van der Waals surface area contributed by atoms with Crippen LogP contribution in [0.1, 0.15) is 66.8 Å². The van der Waals surface area contributed by atoms with Crippen molar-refractivity contribution >= 4 is 35.0 Å². The average molecular weight is 722 g/mol. The number of para-hydroxylation sites is 2. The predicted molar refractivity (Wildman–Crippen MR) is 200 cm³/mol. The summed E-state index contributed by atoms with van der Waals surface area (Å²) in [5.41, 5.74) is 12.8. The molecule has 1 aromatic heterocycles. The number of anilines is 2. The molecule has 0 bridgehead atoms. The Morgan fingerprint density at radius 2 is 1.63 bits per heavy atom. The summed E-state index contributed by atoms with van der Waals surface area (Å²) in [5, 5.41) is 27.9. The zero-order valence-corrected chi connectivity index (χ0v) is 29.8. The standard InChI is InChI=1S/C39H43N7O5S/c1-46-39(43-44-45-46)52-25-32-22-35(28-18-16-26(24-47)17-19-28)51-38(50-32)31-11-7-10-30(21-31)29-9-6-8-27(20-29)23-41-36(48)14-4-5-15-37(49)42-34-13-3-2-12-33(34)40/h2-3,6-13,16-21,32,35,38,47H,4-5,14-15,22-25,40H2,1H3,(H,41,48)(H,42,49). The lowest BCUT2D eigenvalue weighted by Crippen LogP contribution is -2.31. The first-order valence-electron chi connectivity index (χ1n) is 17.3. The highest BCUT2D eigenvalue weighted by Gasteiger charge is 2.32. The number of amides is 2. The molecule has 1 saturated heterocycles. The van der Waals surface area contributed by atoms with Gasteiger partial charge in [-0.05, 0) is 75.4 Å². The number of unbranched alkanes of at least 4 members (excludes halogenated alkanes) is 1. The third-order valence-electron chi connectivity index (χ3n) is 8.80. The number of aromatic nitrogens is 4. The molecule has 0 saturated carbocycles. The second kappa shape index (κ2) is 17.9. The van der Waals surface area contributed by atoms with Gasteiger partial charge in [0.15, 0.2) is 6.29 Å². The van der Waals surface area contributed by atoms with Gasteiger partial charge in [0.1, 0.15) is 0 Å². The number of nitrogens with one attached hydrogen (secondary N) is 2. The highest BCUT2D eigenvalue weighted by Crippen LogP contribution is 2.40. The van der Waals surface area contributed by atoms with Crippen LogP contribution in [0.25, 0.3) is 11.1 Å². The quantitative estimate of drug-likeness (QED) is 0.0563. The number of hydrogen-bond acceptors (Lipinski definition) is 10. The molecule has 5 aromatic rings. The Kier molecular flexibility index (Phi) is 12.6. The SMILES string of the molecule is Cn1nnnc1SCC1CC(c2ccc(CO)cc2)OC(c2cccc(-c3cccc(CNC(=O)CCCCC(=O)Nc4ccccc4N)c3)c2)O1. The first-order chi connectivity index (χ1) is 25.3. The maximum Gasteiger partial charge on any atom is 0.224 e. The summed E-state index contributed by atoms with van der Waals surface area (Å²) in [4.78, 5) is 24.9. The maximum absolute atomic E-state index is 12.6. The fourth-order valence-corrected chi connectivity index (χ4v) is 6.81. The number of carbonyl (C=O) groups is 2. The summed E-state index contributed by atoms with van der Waals surface area (Å²) < 4.78 is 14.8. The highest BCUT2D eigenvalue weighted by atomic mass is 32.2. The maximum atomic E-state index is 12.6. The van der Waals surface area contributed by atoms with E-state index in [1.54, 1.807) is 16.8 Å². The first kappa shape index (κ1) is 36.7. The molecule has 13 heteroatoms. The van der Waals surface area contributed by atoms with E-state index in [1.807, 2.05) is 79.8 Å². The summed E-state index contributed by atoms with van der Waals surface area (Å²) in [6.07, 6.45) is 1.56. The van der Waals surface area contributed by atoms with Crippen LogP contribution >= 0.6 is 11.8 Å². The van der Waals surface area contributed by atoms with Crippen LogP contribution in [0.5, 0.6) is 0 Å². The number of aryl methyl sites for hydroxylation is 1. The van der Waals surface area contributed by atoms with E-state index < -0.39 is 6.29 Å². The molecule has 3 atom stereocenters. The summed E-state index contributed by atoms with van der Waals surface area (Å²) in [6.45, 7) is 0.378. The molecule has 0 aliphatic carbocycles. The van der Waals surface area contributed by atoms with Crippen molar-refractivity contribution in [2.75, 3.05) is 16.8 Å². The van der Waals surface area contributed by atoms with E-state index in [9.17, 15) is 14.7 Å². The van der Waals surface area contributed by atoms with E-state index in [1.165, 1.54) is 11.8 Å². The Hall–Kier alpha value is -5.08. The fraction of sp³-hybridized carbons (Fsp3) is 0.308. The number of thioether (sulfide) groups is 1. The van der Waals surface area contributed by atoms with E-state index in [0.29, 0.717) is 60.9 Å². The van der Waals surface area contributed by atoms with E-state index in [0.717, 1.165) is 33.4 Å². The van der Waals surface area contributed by atoms with Crippen molar-refractivity contribution in [3.05, 3.63) is 119 Å². The monoisotopic (exact) mass is 721 g/mol. The van der Waals surface area contributed by atoms with Gasteiger partial charge in [-0.3, -0.25) is 9.59 Å². The van der Waals surface area contributed by atoms with Crippen LogP contribution in [0.2, 0.25) is 0 Å². The number of hydrogen-bond donors (Lipinski definition) is 4. The zero-order valence-electron chi connectivity index (χ0n) is 29.0. The molecule has 3 unspecified atom stereocenters. The van der Waals surface area contributed by atoms with E-state index in [4.69, 9.17) is 15.2 Å². The summed E-state index contributed by atoms with van der Waals surface area (Å²) in [7, 11) is 1.81. The number of tetrazole rings is 1. The molecule has 2 heterocycles. The lowest BCUT2D eigenvalue weighted by atomic mass is 9.99. The Labute approximate surface area is 307 Å². The van der Waals surface area contributed by atoms with Crippen LogP contribution in [0.3, 0.4) is 0 Å². The molecule has 6 rings (SSSR count). The number of aliphatic hydroxyl groups is 1. The van der Waals surface area contributed by atoms with Crippen molar-refractivity contribution in [3.63, 3.8) is 0 Å². The Morgan fingerprint density at radius 3 is 2.38 bits per heavy atom. The van der Waals surface area contributed by atoms with Gasteiger partial charge in [-0.15, -0.1) is 5.10 Å². The number of benzene rings is 4. The summed E-state index contributed by atoms with van der Waals surface area (Å²) in [6, 6.07) is 31.2. The normalized spacial score (nSPS) is 17.1. The highest BCUT2D eigenvalue weighted by molar-refractivity contribution is 7.99. The second-order valence-corrected chi connectivity index (χ2v) is 13.7. The van der Waals surface area contributed by atoms with Crippen LogP contribution in [-0.2, 0) is 39.3 Å². The van der Waals surface area contributed by atoms with E-state index in [2.05, 4.69) is 38.3 Å². The van der Waals surface area contributed by atoms with Crippen LogP contribution in [0, 0.1) is 0 Å². The molecule has 12 nitrogen and oxygen atoms in total. The molecule has 0 spiro atoms. The molecule has 4 aromatic carbocycles. The van der Waals surface area contributed by atoms with Gasteiger partial charge >= 0.3 is 0 Å². The number of aliphatic hydroxyl groups excluding tert-OH is 1. The average Bonchev–Trinajstić information content (AvgIpc) is 3.60. The third kappa shape index (κ3) is 10.0. The van der Waals surface area contributed by atoms with Crippen molar-refractivity contribution in [1.29, 1.82) is 0 Å². The number of ether oxygens (including phenoxy) is 2. The number of nitrogen functional groups attached to an aromatic ring is 1. The number of carbonyl (C=O) groups excluding carboxylic acids is 2. The first-order valence-corrected chi connectivity index (χ1v) is 18.3. The Balaban J connectivity index is 1.05. The molecule has 1 aliphatic rings. The lowest BCUT2D eigenvalue weighted by molar-refractivity contribution is -0.245. The zero-order chi connectivity index (χ0) is 36.3. The third-order valence-corrected chi connectivity index (χ3v) is 9.94. The van der Waals surface area contributed by atoms with Gasteiger partial charge in [0.25, 0.3) is 0 Å². The van der Waals surface area contributed by atoms with Crippen molar-refractivity contribution < 1.29 is 24.2 Å². The smallest absolute Gasteiger partial charge is 0.224 e. The molecule has 52 heavy (non-hydrogen) atoms. The lowest BCUT2D eigenvalue weighted by Gasteiger charge is -2.36. The molecule has 1 fully saturated rings. The molecular weight excluding hydrogens is 679 g/mol. The van der Waals surface area contributed by atoms with Crippen LogP contribution in [-0.4, -0.2) is 49.0 Å². The van der Waals surface area contributed by atoms with Gasteiger partial charge in [-0.2, -0.15) is 0 Å². The molecule has 0 radical (unpaired) electrons. The van der Waals surface area contributed by atoms with Gasteiger partial charge in [-0.25, -0.2) is 4.68 Å². The Bertz CT molecular complexity index is 1950. The minimum absolute atomic E-state index is 0.0170. The van der Waals surface area contributed by atoms with Crippen LogP contribution in [0.15, 0.2) is 102 Å². The van der Waals surface area contributed by atoms with Gasteiger partial charge in [-0.1, -0.05) is 84.6 Å². The minimum Gasteiger partial charge on any atom is -0.397 e. The van der Waals surface area contributed by atoms with Gasteiger partial charge in [0, 0.05) is 44.2 Å². The second-order valence-electron chi connectivity index (χ2n) is 12.7. The van der Waals surface area contributed by atoms with Gasteiger partial charge in [0.05, 0.1) is 30.2 Å². The largest absolute Gasteiger partial charge is 0.397 e. The van der Waals surface area contributed by atoms with Crippen molar-refractivity contribution in [2.45, 2.75) is 68.9 Å². The number of nitrogens with zero attached hydrogens (tertiary/aromatic N) is 4.